The molecule has 0 aromatic carbocycles. The Labute approximate surface area is 103 Å². The van der Waals surface area contributed by atoms with Crippen LogP contribution in [0.25, 0.3) is 0 Å². The molecule has 2 aliphatic rings. The molecule has 0 aromatic heterocycles. The van der Waals surface area contributed by atoms with Crippen molar-refractivity contribution in [3.8, 4) is 0 Å². The van der Waals surface area contributed by atoms with E-state index in [4.69, 9.17) is 4.74 Å². The first kappa shape index (κ1) is 12.8. The lowest BCUT2D eigenvalue weighted by molar-refractivity contribution is -0.145. The second-order valence-electron chi connectivity index (χ2n) is 5.59. The first-order valence-electron chi connectivity index (χ1n) is 6.29. The van der Waals surface area contributed by atoms with E-state index in [0.717, 1.165) is 32.6 Å². The summed E-state index contributed by atoms with van der Waals surface area (Å²) in [5.74, 6) is 0.127. The molecular formula is C12H23N3O2. The number of carbonyl (C=O) groups is 1. The molecule has 5 nitrogen and oxygen atoms in total. The van der Waals surface area contributed by atoms with Crippen molar-refractivity contribution in [2.24, 2.45) is 0 Å². The number of ether oxygens (including phenoxy) is 1. The molecule has 0 spiro atoms. The molecule has 2 fully saturated rings. The van der Waals surface area contributed by atoms with E-state index in [-0.39, 0.29) is 18.1 Å². The van der Waals surface area contributed by atoms with Crippen molar-refractivity contribution in [1.82, 2.24) is 15.1 Å². The van der Waals surface area contributed by atoms with E-state index < -0.39 is 0 Å². The minimum atomic E-state index is -0.129. The largest absolute Gasteiger partial charge is 0.363 e. The number of likely N-dealkylation sites (tertiary alicyclic amines) is 1. The van der Waals surface area contributed by atoms with Gasteiger partial charge in [-0.2, -0.15) is 0 Å². The zero-order valence-corrected chi connectivity index (χ0v) is 11.0. The first-order chi connectivity index (χ1) is 8.00. The van der Waals surface area contributed by atoms with Crippen LogP contribution in [0.15, 0.2) is 0 Å². The number of likely N-dealkylation sites (N-methyl/N-ethyl adjacent to an activating group) is 1. The molecule has 5 heteroatoms. The van der Waals surface area contributed by atoms with E-state index in [0.29, 0.717) is 6.04 Å². The molecule has 0 radical (unpaired) electrons. The van der Waals surface area contributed by atoms with Crippen LogP contribution in [0.3, 0.4) is 0 Å². The number of amides is 1. The SMILES string of the molecule is CN(C)C1CCN(C(=O)COC2(C)CNC2)C1. The number of hydrogen-bond acceptors (Lipinski definition) is 4. The quantitative estimate of drug-likeness (QED) is 0.722. The highest BCUT2D eigenvalue weighted by Gasteiger charge is 2.34. The van der Waals surface area contributed by atoms with Crippen molar-refractivity contribution in [2.45, 2.75) is 25.0 Å². The molecule has 0 aromatic rings. The molecular weight excluding hydrogens is 218 g/mol. The molecule has 1 unspecified atom stereocenters. The number of hydrogen-bond donors (Lipinski definition) is 1. The van der Waals surface area contributed by atoms with E-state index in [2.05, 4.69) is 24.3 Å². The van der Waals surface area contributed by atoms with Gasteiger partial charge in [0.1, 0.15) is 6.61 Å². The fourth-order valence-corrected chi connectivity index (χ4v) is 2.30. The summed E-state index contributed by atoms with van der Waals surface area (Å²) in [7, 11) is 4.13. The molecule has 1 N–H and O–H groups in total. The maximum absolute atomic E-state index is 12.0. The van der Waals surface area contributed by atoms with Gasteiger partial charge in [-0.05, 0) is 27.4 Å². The fourth-order valence-electron chi connectivity index (χ4n) is 2.30. The maximum atomic E-state index is 12.0. The van der Waals surface area contributed by atoms with Gasteiger partial charge in [0.25, 0.3) is 0 Å². The molecule has 2 rings (SSSR count). The third-order valence-electron chi connectivity index (χ3n) is 3.79. The summed E-state index contributed by atoms with van der Waals surface area (Å²) in [4.78, 5) is 16.1. The van der Waals surface area contributed by atoms with Gasteiger partial charge in [-0.1, -0.05) is 0 Å². The van der Waals surface area contributed by atoms with Gasteiger partial charge in [-0.15, -0.1) is 0 Å². The highest BCUT2D eigenvalue weighted by Crippen LogP contribution is 2.17. The molecule has 0 aliphatic carbocycles. The third-order valence-corrected chi connectivity index (χ3v) is 3.79. The zero-order chi connectivity index (χ0) is 12.5. The highest BCUT2D eigenvalue weighted by molar-refractivity contribution is 5.77. The Morgan fingerprint density at radius 2 is 2.24 bits per heavy atom. The van der Waals surface area contributed by atoms with Crippen LogP contribution >= 0.6 is 0 Å². The third kappa shape index (κ3) is 2.97. The van der Waals surface area contributed by atoms with E-state index in [1.54, 1.807) is 0 Å². The van der Waals surface area contributed by atoms with Crippen molar-refractivity contribution in [1.29, 1.82) is 0 Å². The molecule has 0 saturated carbocycles. The second kappa shape index (κ2) is 4.92. The lowest BCUT2D eigenvalue weighted by Crippen LogP contribution is -2.59. The Morgan fingerprint density at radius 3 is 2.71 bits per heavy atom. The minimum absolute atomic E-state index is 0.127. The topological polar surface area (TPSA) is 44.8 Å². The summed E-state index contributed by atoms with van der Waals surface area (Å²) in [6.45, 7) is 5.66. The molecule has 0 bridgehead atoms. The molecule has 1 amide bonds. The van der Waals surface area contributed by atoms with Crippen LogP contribution in [0, 0.1) is 0 Å². The molecule has 98 valence electrons. The highest BCUT2D eigenvalue weighted by atomic mass is 16.5. The Bertz CT molecular complexity index is 289. The fraction of sp³-hybridized carbons (Fsp3) is 0.917. The van der Waals surface area contributed by atoms with Gasteiger partial charge in [-0.3, -0.25) is 4.79 Å². The van der Waals surface area contributed by atoms with E-state index in [9.17, 15) is 4.79 Å². The van der Waals surface area contributed by atoms with Gasteiger partial charge in [-0.25, -0.2) is 0 Å². The predicted molar refractivity (Wildman–Crippen MR) is 65.9 cm³/mol. The molecule has 2 aliphatic heterocycles. The van der Waals surface area contributed by atoms with Crippen LogP contribution in [0.4, 0.5) is 0 Å². The average molecular weight is 241 g/mol. The van der Waals surface area contributed by atoms with Crippen LogP contribution < -0.4 is 5.32 Å². The van der Waals surface area contributed by atoms with Crippen LogP contribution in [0.5, 0.6) is 0 Å². The summed E-state index contributed by atoms with van der Waals surface area (Å²) in [6, 6.07) is 0.500. The Hall–Kier alpha value is -0.650. The van der Waals surface area contributed by atoms with Crippen LogP contribution in [0.1, 0.15) is 13.3 Å². The van der Waals surface area contributed by atoms with Crippen molar-refractivity contribution in [2.75, 3.05) is 46.9 Å². The summed E-state index contributed by atoms with van der Waals surface area (Å²) in [5.41, 5.74) is -0.129. The van der Waals surface area contributed by atoms with Crippen molar-refractivity contribution < 1.29 is 9.53 Å². The number of nitrogens with one attached hydrogen (secondary N) is 1. The average Bonchev–Trinajstić information content (AvgIpc) is 2.72. The number of carbonyl (C=O) groups excluding carboxylic acids is 1. The van der Waals surface area contributed by atoms with Gasteiger partial charge >= 0.3 is 0 Å². The lowest BCUT2D eigenvalue weighted by Gasteiger charge is -2.39. The van der Waals surface area contributed by atoms with Gasteiger partial charge < -0.3 is 19.9 Å². The van der Waals surface area contributed by atoms with Gasteiger partial charge in [0.15, 0.2) is 0 Å². The van der Waals surface area contributed by atoms with Crippen molar-refractivity contribution in [3.05, 3.63) is 0 Å². The monoisotopic (exact) mass is 241 g/mol. The first-order valence-corrected chi connectivity index (χ1v) is 6.29. The minimum Gasteiger partial charge on any atom is -0.363 e. The van der Waals surface area contributed by atoms with Gasteiger partial charge in [0, 0.05) is 32.2 Å². The molecule has 1 atom stereocenters. The van der Waals surface area contributed by atoms with Crippen LogP contribution in [-0.2, 0) is 9.53 Å². The van der Waals surface area contributed by atoms with Gasteiger partial charge in [0.05, 0.1) is 5.60 Å². The molecule has 2 heterocycles. The number of nitrogens with zero attached hydrogens (tertiary/aromatic N) is 2. The maximum Gasteiger partial charge on any atom is 0.248 e. The zero-order valence-electron chi connectivity index (χ0n) is 11.0. The van der Waals surface area contributed by atoms with E-state index in [1.165, 1.54) is 0 Å². The standard InChI is InChI=1S/C12H23N3O2/c1-12(8-13-9-12)17-7-11(16)15-5-4-10(6-15)14(2)3/h10,13H,4-9H2,1-3H3. The van der Waals surface area contributed by atoms with Crippen molar-refractivity contribution >= 4 is 5.91 Å². The van der Waals surface area contributed by atoms with E-state index >= 15 is 0 Å². The Balaban J connectivity index is 1.73. The van der Waals surface area contributed by atoms with Crippen LogP contribution in [0.2, 0.25) is 0 Å². The Kier molecular flexibility index (Phi) is 3.70. The summed E-state index contributed by atoms with van der Waals surface area (Å²) >= 11 is 0. The number of rotatable bonds is 4. The van der Waals surface area contributed by atoms with Crippen LogP contribution in [-0.4, -0.2) is 74.2 Å². The summed E-state index contributed by atoms with van der Waals surface area (Å²) < 4.78 is 5.67. The van der Waals surface area contributed by atoms with Gasteiger partial charge in [0.2, 0.25) is 5.91 Å². The Morgan fingerprint density at radius 1 is 1.53 bits per heavy atom. The molecule has 2 saturated heterocycles. The smallest absolute Gasteiger partial charge is 0.248 e. The lowest BCUT2D eigenvalue weighted by atomic mass is 10.0. The molecule has 17 heavy (non-hydrogen) atoms. The second-order valence-corrected chi connectivity index (χ2v) is 5.59. The summed E-state index contributed by atoms with van der Waals surface area (Å²) in [5, 5.41) is 3.16. The normalized spacial score (nSPS) is 27.3. The van der Waals surface area contributed by atoms with E-state index in [1.807, 2.05) is 11.8 Å². The predicted octanol–water partition coefficient (Wildman–Crippen LogP) is -0.473. The summed E-state index contributed by atoms with van der Waals surface area (Å²) in [6.07, 6.45) is 1.07. The van der Waals surface area contributed by atoms with Crippen molar-refractivity contribution in [3.63, 3.8) is 0 Å².